The number of fused-ring (bicyclic) bond motifs is 2. The number of carbonyl (C=O) groups is 1. The average Bonchev–Trinajstić information content (AvgIpc) is 3.50. The van der Waals surface area contributed by atoms with Crippen molar-refractivity contribution in [2.45, 2.75) is 51.4 Å². The lowest BCUT2D eigenvalue weighted by Gasteiger charge is -2.17. The smallest absolute Gasteiger partial charge is 0.249 e. The van der Waals surface area contributed by atoms with Crippen molar-refractivity contribution >= 4 is 11.9 Å². The van der Waals surface area contributed by atoms with Gasteiger partial charge in [0.05, 0.1) is 30.2 Å². The van der Waals surface area contributed by atoms with Crippen LogP contribution in [0.5, 0.6) is 0 Å². The van der Waals surface area contributed by atoms with Gasteiger partial charge >= 0.3 is 0 Å². The molecule has 0 unspecified atom stereocenters. The molecule has 0 radical (unpaired) electrons. The van der Waals surface area contributed by atoms with Gasteiger partial charge in [0, 0.05) is 30.8 Å². The molecule has 160 valence electrons. The Balaban J connectivity index is 1.13. The molecule has 1 amide bonds. The molecule has 1 aromatic carbocycles. The van der Waals surface area contributed by atoms with Crippen LogP contribution in [0, 0.1) is 0 Å². The van der Waals surface area contributed by atoms with Crippen molar-refractivity contribution in [2.24, 2.45) is 0 Å². The van der Waals surface area contributed by atoms with Gasteiger partial charge < -0.3 is 15.0 Å². The summed E-state index contributed by atoms with van der Waals surface area (Å²) in [5, 5.41) is 13.7. The minimum atomic E-state index is -0.109. The molecule has 9 nitrogen and oxygen atoms in total. The Bertz CT molecular complexity index is 1040. The van der Waals surface area contributed by atoms with Crippen molar-refractivity contribution in [3.05, 3.63) is 64.7 Å². The third kappa shape index (κ3) is 4.41. The van der Waals surface area contributed by atoms with Gasteiger partial charge in [-0.1, -0.05) is 29.5 Å². The van der Waals surface area contributed by atoms with Gasteiger partial charge in [0.15, 0.2) is 0 Å². The van der Waals surface area contributed by atoms with Crippen molar-refractivity contribution in [3.63, 3.8) is 0 Å². The van der Waals surface area contributed by atoms with Crippen molar-refractivity contribution in [3.8, 4) is 0 Å². The molecule has 0 saturated heterocycles. The van der Waals surface area contributed by atoms with E-state index in [4.69, 9.17) is 4.74 Å². The monoisotopic (exact) mass is 419 g/mol. The predicted molar refractivity (Wildman–Crippen MR) is 113 cm³/mol. The molecule has 1 atom stereocenters. The van der Waals surface area contributed by atoms with E-state index in [0.717, 1.165) is 29.8 Å². The normalized spacial score (nSPS) is 16.2. The van der Waals surface area contributed by atoms with Crippen LogP contribution in [-0.2, 0) is 41.9 Å². The molecule has 0 saturated carbocycles. The van der Waals surface area contributed by atoms with Crippen molar-refractivity contribution in [2.75, 3.05) is 11.9 Å². The third-order valence-electron chi connectivity index (χ3n) is 5.86. The van der Waals surface area contributed by atoms with Crippen LogP contribution in [0.2, 0.25) is 0 Å². The zero-order chi connectivity index (χ0) is 21.2. The molecule has 2 aliphatic rings. The number of rotatable bonds is 7. The first-order valence-corrected chi connectivity index (χ1v) is 10.6. The predicted octanol–water partition coefficient (Wildman–Crippen LogP) is 1.66. The number of nitrogens with zero attached hydrogens (tertiary/aromatic N) is 5. The molecule has 0 spiro atoms. The molecule has 1 aliphatic carbocycles. The molecule has 3 aromatic rings. The molecular formula is C22H25N7O2. The van der Waals surface area contributed by atoms with Crippen LogP contribution < -0.4 is 5.32 Å². The van der Waals surface area contributed by atoms with E-state index in [1.807, 2.05) is 13.1 Å². The standard InChI is InChI=1S/C22H25N7O2/c1-14(6-19-10-24-28-27-19)31-13-21(30)29-11-17-9-23-22(26-20(17)12-29)25-18-7-15-4-2-3-5-16(15)8-18/h2-5,9-10,14,18H,6-8,11-13H2,1H3,(H,23,25,26)(H,24,27,28)/t14-/m0/s1. The lowest BCUT2D eigenvalue weighted by molar-refractivity contribution is -0.138. The fourth-order valence-corrected chi connectivity index (χ4v) is 4.24. The quantitative estimate of drug-likeness (QED) is 0.599. The summed E-state index contributed by atoms with van der Waals surface area (Å²) >= 11 is 0. The van der Waals surface area contributed by atoms with Crippen LogP contribution in [0.25, 0.3) is 0 Å². The Morgan fingerprint density at radius 2 is 2.03 bits per heavy atom. The van der Waals surface area contributed by atoms with E-state index in [9.17, 15) is 4.79 Å². The van der Waals surface area contributed by atoms with E-state index >= 15 is 0 Å². The Labute approximate surface area is 180 Å². The van der Waals surface area contributed by atoms with Gasteiger partial charge in [0.25, 0.3) is 0 Å². The second-order valence-electron chi connectivity index (χ2n) is 8.24. The Hall–Kier alpha value is -3.33. The van der Waals surface area contributed by atoms with Crippen LogP contribution in [-0.4, -0.2) is 54.9 Å². The van der Waals surface area contributed by atoms with Crippen molar-refractivity contribution < 1.29 is 9.53 Å². The van der Waals surface area contributed by atoms with Crippen molar-refractivity contribution in [1.29, 1.82) is 0 Å². The lowest BCUT2D eigenvalue weighted by atomic mass is 10.1. The number of ether oxygens (including phenoxy) is 1. The number of aromatic amines is 1. The minimum absolute atomic E-state index is 0.0373. The van der Waals surface area contributed by atoms with E-state index in [0.29, 0.717) is 31.5 Å². The molecule has 31 heavy (non-hydrogen) atoms. The zero-order valence-corrected chi connectivity index (χ0v) is 17.4. The maximum atomic E-state index is 12.6. The fraction of sp³-hybridized carbons (Fsp3) is 0.409. The number of nitrogens with one attached hydrogen (secondary N) is 2. The first-order valence-electron chi connectivity index (χ1n) is 10.6. The van der Waals surface area contributed by atoms with Crippen LogP contribution in [0.3, 0.4) is 0 Å². The molecule has 0 bridgehead atoms. The maximum Gasteiger partial charge on any atom is 0.249 e. The van der Waals surface area contributed by atoms with E-state index in [1.54, 1.807) is 11.1 Å². The van der Waals surface area contributed by atoms with Gasteiger partial charge in [-0.3, -0.25) is 9.89 Å². The van der Waals surface area contributed by atoms with Gasteiger partial charge in [-0.25, -0.2) is 9.97 Å². The second kappa shape index (κ2) is 8.43. The largest absolute Gasteiger partial charge is 0.368 e. The van der Waals surface area contributed by atoms with Crippen LogP contribution >= 0.6 is 0 Å². The van der Waals surface area contributed by atoms with Crippen LogP contribution in [0.15, 0.2) is 36.7 Å². The van der Waals surface area contributed by atoms with Gasteiger partial charge in [0.1, 0.15) is 6.61 Å². The Morgan fingerprint density at radius 1 is 1.23 bits per heavy atom. The summed E-state index contributed by atoms with van der Waals surface area (Å²) in [6.45, 7) is 2.97. The van der Waals surface area contributed by atoms with Crippen LogP contribution in [0.1, 0.15) is 35.0 Å². The molecular weight excluding hydrogens is 394 g/mol. The fourth-order valence-electron chi connectivity index (χ4n) is 4.24. The van der Waals surface area contributed by atoms with Gasteiger partial charge in [-0.15, -0.1) is 5.10 Å². The number of hydrogen-bond donors (Lipinski definition) is 2. The molecule has 9 heteroatoms. The number of hydrogen-bond acceptors (Lipinski definition) is 7. The Kier molecular flexibility index (Phi) is 5.33. The summed E-state index contributed by atoms with van der Waals surface area (Å²) in [6, 6.07) is 8.82. The topological polar surface area (TPSA) is 109 Å². The first-order chi connectivity index (χ1) is 15.1. The highest BCUT2D eigenvalue weighted by molar-refractivity contribution is 5.78. The number of H-pyrrole nitrogens is 1. The van der Waals surface area contributed by atoms with E-state index in [2.05, 4.69) is 55.0 Å². The zero-order valence-electron chi connectivity index (χ0n) is 17.4. The highest BCUT2D eigenvalue weighted by Gasteiger charge is 2.27. The number of amides is 1. The van der Waals surface area contributed by atoms with Crippen LogP contribution in [0.4, 0.5) is 5.95 Å². The molecule has 5 rings (SSSR count). The van der Waals surface area contributed by atoms with E-state index < -0.39 is 0 Å². The van der Waals surface area contributed by atoms with Gasteiger partial charge in [0.2, 0.25) is 11.9 Å². The van der Waals surface area contributed by atoms with E-state index in [1.165, 1.54) is 11.1 Å². The first kappa shape index (κ1) is 19.6. The maximum absolute atomic E-state index is 12.6. The Morgan fingerprint density at radius 3 is 2.77 bits per heavy atom. The highest BCUT2D eigenvalue weighted by Crippen LogP contribution is 2.25. The number of anilines is 1. The molecule has 3 heterocycles. The number of aromatic nitrogens is 5. The third-order valence-corrected chi connectivity index (χ3v) is 5.86. The summed E-state index contributed by atoms with van der Waals surface area (Å²) in [5.41, 5.74) is 5.55. The summed E-state index contributed by atoms with van der Waals surface area (Å²) < 4.78 is 5.72. The molecule has 2 aromatic heterocycles. The number of carbonyl (C=O) groups excluding carboxylic acids is 1. The molecule has 1 aliphatic heterocycles. The van der Waals surface area contributed by atoms with E-state index in [-0.39, 0.29) is 18.6 Å². The van der Waals surface area contributed by atoms with Crippen molar-refractivity contribution in [1.82, 2.24) is 30.3 Å². The lowest BCUT2D eigenvalue weighted by Crippen LogP contribution is -2.31. The number of benzene rings is 1. The summed E-state index contributed by atoms with van der Waals surface area (Å²) in [6.07, 6.45) is 5.97. The summed E-state index contributed by atoms with van der Waals surface area (Å²) in [7, 11) is 0. The minimum Gasteiger partial charge on any atom is -0.368 e. The highest BCUT2D eigenvalue weighted by atomic mass is 16.5. The average molecular weight is 419 g/mol. The molecule has 2 N–H and O–H groups in total. The SMILES string of the molecule is C[C@@H](Cc1cnn[nH]1)OCC(=O)N1Cc2cnc(NC3Cc4ccccc4C3)nc2C1. The molecule has 0 fully saturated rings. The summed E-state index contributed by atoms with van der Waals surface area (Å²) in [4.78, 5) is 23.5. The second-order valence-corrected chi connectivity index (χ2v) is 8.24. The van der Waals surface area contributed by atoms with Gasteiger partial charge in [-0.05, 0) is 30.9 Å². The summed E-state index contributed by atoms with van der Waals surface area (Å²) in [5.74, 6) is 0.581. The van der Waals surface area contributed by atoms with Gasteiger partial charge in [-0.2, -0.15) is 0 Å².